The average molecular weight is 430 g/mol. The Morgan fingerprint density at radius 3 is 2.11 bits per heavy atom. The fourth-order valence-electron chi connectivity index (χ4n) is 3.67. The second kappa shape index (κ2) is 8.48. The van der Waals surface area contributed by atoms with Crippen LogP contribution in [0.3, 0.4) is 0 Å². The first-order valence-electron chi connectivity index (χ1n) is 9.49. The normalized spacial score (nSPS) is 22.7. The topological polar surface area (TPSA) is 95.1 Å². The smallest absolute Gasteiger partial charge is 0.244 e. The highest BCUT2D eigenvalue weighted by atomic mass is 32.2. The van der Waals surface area contributed by atoms with Gasteiger partial charge in [-0.25, -0.2) is 16.8 Å². The number of hydrogen-bond donors (Lipinski definition) is 0. The first-order chi connectivity index (χ1) is 13.2. The van der Waals surface area contributed by atoms with Gasteiger partial charge in [0.15, 0.2) is 9.84 Å². The van der Waals surface area contributed by atoms with E-state index in [1.807, 2.05) is 35.2 Å². The maximum atomic E-state index is 13.4. The molecule has 156 valence electrons. The van der Waals surface area contributed by atoms with Crippen LogP contribution >= 0.6 is 0 Å². The van der Waals surface area contributed by atoms with E-state index in [9.17, 15) is 21.6 Å². The molecule has 2 fully saturated rings. The van der Waals surface area contributed by atoms with Gasteiger partial charge in [-0.05, 0) is 12.5 Å². The third kappa shape index (κ3) is 4.73. The van der Waals surface area contributed by atoms with Crippen molar-refractivity contribution >= 4 is 25.8 Å². The number of hydrogen-bond acceptors (Lipinski definition) is 6. The summed E-state index contributed by atoms with van der Waals surface area (Å²) in [7, 11) is -6.31. The van der Waals surface area contributed by atoms with Crippen molar-refractivity contribution in [3.63, 3.8) is 0 Å². The van der Waals surface area contributed by atoms with Gasteiger partial charge in [0.1, 0.15) is 6.04 Å². The Morgan fingerprint density at radius 2 is 1.57 bits per heavy atom. The fourth-order valence-corrected chi connectivity index (χ4v) is 5.99. The highest BCUT2D eigenvalue weighted by Crippen LogP contribution is 2.26. The largest absolute Gasteiger partial charge is 0.338 e. The molecule has 1 unspecified atom stereocenters. The van der Waals surface area contributed by atoms with Gasteiger partial charge in [-0.15, -0.1) is 0 Å². The monoisotopic (exact) mass is 429 g/mol. The van der Waals surface area contributed by atoms with Gasteiger partial charge in [-0.2, -0.15) is 4.31 Å². The Morgan fingerprint density at radius 1 is 1.00 bits per heavy atom. The Balaban J connectivity index is 1.77. The van der Waals surface area contributed by atoms with Crippen molar-refractivity contribution in [1.29, 1.82) is 0 Å². The lowest BCUT2D eigenvalue weighted by molar-refractivity contribution is -0.138. The Labute approximate surface area is 167 Å². The molecule has 1 aromatic carbocycles. The van der Waals surface area contributed by atoms with Gasteiger partial charge in [0, 0.05) is 39.3 Å². The number of nitrogens with zero attached hydrogens (tertiary/aromatic N) is 3. The molecule has 10 heteroatoms. The van der Waals surface area contributed by atoms with Gasteiger partial charge >= 0.3 is 0 Å². The minimum atomic E-state index is -3.26. The molecule has 1 amide bonds. The highest BCUT2D eigenvalue weighted by Gasteiger charge is 2.36. The predicted octanol–water partition coefficient (Wildman–Crippen LogP) is -0.0480. The second-order valence-corrected chi connectivity index (χ2v) is 11.7. The molecule has 0 bridgehead atoms. The number of benzene rings is 1. The van der Waals surface area contributed by atoms with Gasteiger partial charge in [0.2, 0.25) is 15.9 Å². The summed E-state index contributed by atoms with van der Waals surface area (Å²) in [5, 5.41) is 0. The van der Waals surface area contributed by atoms with Crippen molar-refractivity contribution in [2.24, 2.45) is 0 Å². The molecule has 2 heterocycles. The molecule has 0 aliphatic carbocycles. The molecule has 2 aliphatic heterocycles. The van der Waals surface area contributed by atoms with Crippen molar-refractivity contribution in [3.8, 4) is 0 Å². The molecule has 0 radical (unpaired) electrons. The maximum Gasteiger partial charge on any atom is 0.244 e. The zero-order valence-electron chi connectivity index (χ0n) is 16.0. The summed E-state index contributed by atoms with van der Waals surface area (Å²) in [6.07, 6.45) is 0. The minimum absolute atomic E-state index is 0.0478. The van der Waals surface area contributed by atoms with Crippen molar-refractivity contribution in [3.05, 3.63) is 35.9 Å². The number of amides is 1. The van der Waals surface area contributed by atoms with Crippen molar-refractivity contribution in [1.82, 2.24) is 14.1 Å². The lowest BCUT2D eigenvalue weighted by atomic mass is 10.0. The maximum absolute atomic E-state index is 13.4. The molecule has 1 aromatic rings. The molecule has 8 nitrogen and oxygen atoms in total. The van der Waals surface area contributed by atoms with Gasteiger partial charge in [0.25, 0.3) is 0 Å². The number of sulfone groups is 1. The third-order valence-corrected chi connectivity index (χ3v) is 8.89. The minimum Gasteiger partial charge on any atom is -0.338 e. The number of carbonyl (C=O) groups excluding carboxylic acids is 1. The van der Waals surface area contributed by atoms with E-state index in [0.29, 0.717) is 26.2 Å². The van der Waals surface area contributed by atoms with Crippen LogP contribution in [0.4, 0.5) is 0 Å². The Bertz CT molecular complexity index is 880. The first kappa shape index (κ1) is 21.2. The van der Waals surface area contributed by atoms with E-state index in [0.717, 1.165) is 5.56 Å². The van der Waals surface area contributed by atoms with Crippen LogP contribution in [0, 0.1) is 0 Å². The quantitative estimate of drug-likeness (QED) is 0.651. The zero-order chi connectivity index (χ0) is 20.4. The molecule has 0 spiro atoms. The molecule has 1 atom stereocenters. The van der Waals surface area contributed by atoms with Crippen LogP contribution in [0.2, 0.25) is 0 Å². The summed E-state index contributed by atoms with van der Waals surface area (Å²) < 4.78 is 49.1. The van der Waals surface area contributed by atoms with Crippen LogP contribution in [0.15, 0.2) is 30.3 Å². The molecule has 0 aromatic heterocycles. The van der Waals surface area contributed by atoms with E-state index in [1.165, 1.54) is 4.31 Å². The summed E-state index contributed by atoms with van der Waals surface area (Å²) in [6.45, 7) is 3.51. The molecule has 0 N–H and O–H groups in total. The molecular formula is C18H27N3O5S2. The van der Waals surface area contributed by atoms with Crippen LogP contribution in [0.1, 0.15) is 18.5 Å². The average Bonchev–Trinajstić information content (AvgIpc) is 2.70. The summed E-state index contributed by atoms with van der Waals surface area (Å²) in [6, 6.07) is 8.81. The van der Waals surface area contributed by atoms with Crippen LogP contribution in [-0.4, -0.2) is 93.4 Å². The number of sulfonamides is 1. The van der Waals surface area contributed by atoms with E-state index >= 15 is 0 Å². The number of rotatable bonds is 5. The molecular weight excluding hydrogens is 402 g/mol. The van der Waals surface area contributed by atoms with Gasteiger partial charge in [-0.3, -0.25) is 9.69 Å². The van der Waals surface area contributed by atoms with Crippen molar-refractivity contribution in [2.45, 2.75) is 13.0 Å². The predicted molar refractivity (Wildman–Crippen MR) is 107 cm³/mol. The van der Waals surface area contributed by atoms with Gasteiger partial charge in [-0.1, -0.05) is 30.3 Å². The van der Waals surface area contributed by atoms with Gasteiger partial charge in [0.05, 0.1) is 17.3 Å². The summed E-state index contributed by atoms with van der Waals surface area (Å²) in [4.78, 5) is 17.0. The van der Waals surface area contributed by atoms with E-state index < -0.39 is 25.9 Å². The number of piperazine rings is 1. The fraction of sp³-hybridized carbons (Fsp3) is 0.611. The molecule has 0 saturated carbocycles. The van der Waals surface area contributed by atoms with Crippen molar-refractivity contribution in [2.75, 3.05) is 56.5 Å². The van der Waals surface area contributed by atoms with Crippen LogP contribution in [0.5, 0.6) is 0 Å². The molecule has 2 saturated heterocycles. The summed E-state index contributed by atoms with van der Waals surface area (Å²) in [5.74, 6) is 0.0488. The second-order valence-electron chi connectivity index (χ2n) is 7.13. The van der Waals surface area contributed by atoms with E-state index in [2.05, 4.69) is 0 Å². The number of carbonyl (C=O) groups is 1. The van der Waals surface area contributed by atoms with E-state index in [-0.39, 0.29) is 36.3 Å². The first-order valence-corrected chi connectivity index (χ1v) is 12.9. The highest BCUT2D eigenvalue weighted by molar-refractivity contribution is 7.91. The SMILES string of the molecule is CCS(=O)(=O)N1CCN(C(=O)C(c2ccccc2)N2CCS(=O)(=O)CC2)CC1. The Kier molecular flexibility index (Phi) is 6.43. The summed E-state index contributed by atoms with van der Waals surface area (Å²) in [5.41, 5.74) is 0.829. The summed E-state index contributed by atoms with van der Waals surface area (Å²) >= 11 is 0. The zero-order valence-corrected chi connectivity index (χ0v) is 17.7. The van der Waals surface area contributed by atoms with E-state index in [4.69, 9.17) is 0 Å². The van der Waals surface area contributed by atoms with E-state index in [1.54, 1.807) is 11.8 Å². The van der Waals surface area contributed by atoms with Crippen LogP contribution < -0.4 is 0 Å². The van der Waals surface area contributed by atoms with Gasteiger partial charge < -0.3 is 4.90 Å². The third-order valence-electron chi connectivity index (χ3n) is 5.40. The Hall–Kier alpha value is -1.49. The lowest BCUT2D eigenvalue weighted by Gasteiger charge is -2.39. The van der Waals surface area contributed by atoms with Crippen molar-refractivity contribution < 1.29 is 21.6 Å². The molecule has 28 heavy (non-hydrogen) atoms. The lowest BCUT2D eigenvalue weighted by Crippen LogP contribution is -2.54. The standard InChI is InChI=1S/C18H27N3O5S2/c1-2-28(25,26)21-10-8-20(9-11-21)18(22)17(16-6-4-3-5-7-16)19-12-14-27(23,24)15-13-19/h3-7,17H,2,8-15H2,1H3. The van der Waals surface area contributed by atoms with Crippen LogP contribution in [0.25, 0.3) is 0 Å². The van der Waals surface area contributed by atoms with Crippen LogP contribution in [-0.2, 0) is 24.7 Å². The molecule has 2 aliphatic rings. The molecule has 3 rings (SSSR count).